The van der Waals surface area contributed by atoms with Crippen LogP contribution in [0, 0.1) is 0 Å². The van der Waals surface area contributed by atoms with Crippen molar-refractivity contribution >= 4 is 11.3 Å². The van der Waals surface area contributed by atoms with Crippen LogP contribution in [0.3, 0.4) is 0 Å². The fraction of sp³-hybridized carbons (Fsp3) is 0.286. The van der Waals surface area contributed by atoms with Gasteiger partial charge in [0.05, 0.1) is 11.0 Å². The number of aromatic nitrogens is 4. The number of rotatable bonds is 3. The van der Waals surface area contributed by atoms with Crippen LogP contribution in [0.25, 0.3) is 22.3 Å². The van der Waals surface area contributed by atoms with E-state index < -0.39 is 0 Å². The first kappa shape index (κ1) is 12.6. The third-order valence-corrected chi connectivity index (χ3v) is 4.48. The summed E-state index contributed by atoms with van der Waals surface area (Å²) in [6.45, 7) is 0.843. The summed E-state index contributed by atoms with van der Waals surface area (Å²) in [4.78, 5) is 6.54. The summed E-state index contributed by atoms with van der Waals surface area (Å²) in [5.74, 6) is 0.954. The second kappa shape index (κ2) is 5.34. The molecule has 0 N–H and O–H groups in total. The Balaban J connectivity index is 1.61. The van der Waals surface area contributed by atoms with Crippen LogP contribution in [0.2, 0.25) is 0 Å². The van der Waals surface area contributed by atoms with E-state index in [9.17, 15) is 0 Å². The summed E-state index contributed by atoms with van der Waals surface area (Å²) < 4.78 is 11.0. The Labute approximate surface area is 124 Å². The smallest absolute Gasteiger partial charge is 0.268 e. The van der Waals surface area contributed by atoms with Gasteiger partial charge in [0.2, 0.25) is 5.82 Å². The molecule has 0 bridgehead atoms. The summed E-state index contributed by atoms with van der Waals surface area (Å²) >= 11 is 1.63. The predicted molar refractivity (Wildman–Crippen MR) is 76.6 cm³/mol. The second-order valence-corrected chi connectivity index (χ2v) is 5.85. The van der Waals surface area contributed by atoms with Crippen molar-refractivity contribution < 1.29 is 9.26 Å². The Morgan fingerprint density at radius 3 is 3.05 bits per heavy atom. The van der Waals surface area contributed by atoms with Gasteiger partial charge in [-0.15, -0.1) is 16.4 Å². The van der Waals surface area contributed by atoms with Gasteiger partial charge in [-0.2, -0.15) is 10.1 Å². The van der Waals surface area contributed by atoms with Crippen LogP contribution in [0.4, 0.5) is 0 Å². The van der Waals surface area contributed by atoms with Gasteiger partial charge in [-0.05, 0) is 37.1 Å². The topological polar surface area (TPSA) is 73.9 Å². The highest BCUT2D eigenvalue weighted by Gasteiger charge is 2.21. The van der Waals surface area contributed by atoms with E-state index in [1.165, 1.54) is 4.88 Å². The molecule has 4 heterocycles. The van der Waals surface area contributed by atoms with E-state index in [1.807, 2.05) is 6.07 Å². The molecule has 0 spiro atoms. The molecule has 0 unspecified atom stereocenters. The molecule has 4 rings (SSSR count). The van der Waals surface area contributed by atoms with E-state index in [0.29, 0.717) is 17.4 Å². The van der Waals surface area contributed by atoms with E-state index in [0.717, 1.165) is 24.3 Å². The largest absolute Gasteiger partial charge is 0.373 e. The molecule has 7 heteroatoms. The number of ether oxygens (including phenoxy) is 1. The van der Waals surface area contributed by atoms with Crippen molar-refractivity contribution in [2.75, 3.05) is 6.61 Å². The minimum absolute atomic E-state index is 0.214. The Kier molecular flexibility index (Phi) is 3.21. The van der Waals surface area contributed by atoms with E-state index >= 15 is 0 Å². The van der Waals surface area contributed by atoms with Crippen molar-refractivity contribution in [2.45, 2.75) is 18.9 Å². The van der Waals surface area contributed by atoms with E-state index in [1.54, 1.807) is 29.7 Å². The first-order valence-electron chi connectivity index (χ1n) is 6.73. The lowest BCUT2D eigenvalue weighted by Crippen LogP contribution is -1.90. The highest BCUT2D eigenvalue weighted by atomic mass is 32.1. The molecule has 21 heavy (non-hydrogen) atoms. The van der Waals surface area contributed by atoms with Gasteiger partial charge in [0.25, 0.3) is 5.89 Å². The molecule has 0 aliphatic carbocycles. The maximum Gasteiger partial charge on any atom is 0.268 e. The predicted octanol–water partition coefficient (Wildman–Crippen LogP) is 3.11. The zero-order valence-corrected chi connectivity index (χ0v) is 11.9. The quantitative estimate of drug-likeness (QED) is 0.740. The number of thiophene rings is 1. The molecule has 0 radical (unpaired) electrons. The van der Waals surface area contributed by atoms with Gasteiger partial charge in [-0.25, -0.2) is 0 Å². The molecular weight excluding hydrogens is 288 g/mol. The summed E-state index contributed by atoms with van der Waals surface area (Å²) in [5.41, 5.74) is 0.600. The minimum atomic E-state index is 0.214. The van der Waals surface area contributed by atoms with Gasteiger partial charge < -0.3 is 9.26 Å². The number of nitrogens with zero attached hydrogens (tertiary/aromatic N) is 4. The van der Waals surface area contributed by atoms with Crippen molar-refractivity contribution in [3.05, 3.63) is 35.3 Å². The van der Waals surface area contributed by atoms with Crippen LogP contribution in [0.1, 0.15) is 23.8 Å². The third kappa shape index (κ3) is 2.45. The van der Waals surface area contributed by atoms with Crippen LogP contribution in [-0.2, 0) is 4.74 Å². The van der Waals surface area contributed by atoms with Crippen molar-refractivity contribution in [1.29, 1.82) is 0 Å². The van der Waals surface area contributed by atoms with Gasteiger partial charge in [-0.1, -0.05) is 5.16 Å². The summed E-state index contributed by atoms with van der Waals surface area (Å²) in [6.07, 6.45) is 4.02. The molecule has 6 nitrogen and oxygen atoms in total. The van der Waals surface area contributed by atoms with Gasteiger partial charge in [0.1, 0.15) is 5.69 Å². The Bertz CT molecular complexity index is 734. The Morgan fingerprint density at radius 1 is 1.24 bits per heavy atom. The number of hydrogen-bond donors (Lipinski definition) is 0. The molecule has 0 aromatic carbocycles. The monoisotopic (exact) mass is 300 g/mol. The SMILES string of the molecule is c1cnnc(-c2noc(-c3ccc([C@H]4CCCO4)s3)n2)c1. The van der Waals surface area contributed by atoms with Gasteiger partial charge >= 0.3 is 0 Å². The van der Waals surface area contributed by atoms with Crippen LogP contribution in [0.5, 0.6) is 0 Å². The third-order valence-electron chi connectivity index (χ3n) is 3.31. The van der Waals surface area contributed by atoms with Crippen LogP contribution < -0.4 is 0 Å². The lowest BCUT2D eigenvalue weighted by Gasteiger charge is -2.04. The van der Waals surface area contributed by atoms with Crippen molar-refractivity contribution in [2.24, 2.45) is 0 Å². The fourth-order valence-electron chi connectivity index (χ4n) is 2.29. The average molecular weight is 300 g/mol. The zero-order chi connectivity index (χ0) is 14.1. The molecule has 0 amide bonds. The molecule has 1 aliphatic rings. The Hall–Kier alpha value is -2.12. The van der Waals surface area contributed by atoms with E-state index in [2.05, 4.69) is 26.4 Å². The van der Waals surface area contributed by atoms with Gasteiger partial charge in [0, 0.05) is 17.7 Å². The zero-order valence-electron chi connectivity index (χ0n) is 11.1. The van der Waals surface area contributed by atoms with Gasteiger partial charge in [0.15, 0.2) is 0 Å². The molecule has 1 aliphatic heterocycles. The fourth-order valence-corrected chi connectivity index (χ4v) is 3.30. The lowest BCUT2D eigenvalue weighted by atomic mass is 10.2. The number of hydrogen-bond acceptors (Lipinski definition) is 7. The molecule has 1 atom stereocenters. The molecule has 0 saturated carbocycles. The maximum absolute atomic E-state index is 5.69. The molecule has 1 saturated heterocycles. The minimum Gasteiger partial charge on any atom is -0.373 e. The van der Waals surface area contributed by atoms with Gasteiger partial charge in [-0.3, -0.25) is 0 Å². The highest BCUT2D eigenvalue weighted by molar-refractivity contribution is 7.15. The molecule has 106 valence electrons. The standard InChI is InChI=1S/C14H12N4O2S/c1-3-9(17-15-7-1)13-16-14(20-18-13)12-6-5-11(21-12)10-4-2-8-19-10/h1,3,5-7,10H,2,4,8H2/t10-/m1/s1. The molecule has 3 aromatic heterocycles. The second-order valence-electron chi connectivity index (χ2n) is 4.74. The van der Waals surface area contributed by atoms with Crippen LogP contribution >= 0.6 is 11.3 Å². The molecule has 3 aromatic rings. The van der Waals surface area contributed by atoms with Crippen molar-refractivity contribution in [3.63, 3.8) is 0 Å². The maximum atomic E-state index is 5.69. The summed E-state index contributed by atoms with van der Waals surface area (Å²) in [7, 11) is 0. The summed E-state index contributed by atoms with van der Waals surface area (Å²) in [6, 6.07) is 7.66. The van der Waals surface area contributed by atoms with Crippen LogP contribution in [-0.4, -0.2) is 26.9 Å². The highest BCUT2D eigenvalue weighted by Crippen LogP contribution is 2.36. The average Bonchev–Trinajstić information content (AvgIpc) is 3.27. The first-order chi connectivity index (χ1) is 10.4. The van der Waals surface area contributed by atoms with Crippen molar-refractivity contribution in [1.82, 2.24) is 20.3 Å². The molecular formula is C14H12N4O2S. The van der Waals surface area contributed by atoms with Crippen LogP contribution in [0.15, 0.2) is 35.0 Å². The normalized spacial score (nSPS) is 18.2. The lowest BCUT2D eigenvalue weighted by molar-refractivity contribution is 0.114. The van der Waals surface area contributed by atoms with Crippen molar-refractivity contribution in [3.8, 4) is 22.3 Å². The van der Waals surface area contributed by atoms with E-state index in [-0.39, 0.29) is 6.10 Å². The first-order valence-corrected chi connectivity index (χ1v) is 7.55. The summed E-state index contributed by atoms with van der Waals surface area (Å²) in [5, 5.41) is 11.7. The Morgan fingerprint density at radius 2 is 2.24 bits per heavy atom. The molecule has 1 fully saturated rings. The van der Waals surface area contributed by atoms with E-state index in [4.69, 9.17) is 9.26 Å².